The monoisotopic (exact) mass is 430 g/mol. The van der Waals surface area contributed by atoms with Crippen molar-refractivity contribution in [2.24, 2.45) is 0 Å². The van der Waals surface area contributed by atoms with Gasteiger partial charge in [0, 0.05) is 23.5 Å². The average Bonchev–Trinajstić information content (AvgIpc) is 3.09. The van der Waals surface area contributed by atoms with Gasteiger partial charge in [0.05, 0.1) is 12.7 Å². The lowest BCUT2D eigenvalue weighted by Gasteiger charge is -2.25. The number of likely N-dealkylation sites (N-methyl/N-ethyl adjacent to an activating group) is 1. The van der Waals surface area contributed by atoms with Crippen LogP contribution in [0, 0.1) is 0 Å². The summed E-state index contributed by atoms with van der Waals surface area (Å²) in [5.74, 6) is -0.608. The lowest BCUT2D eigenvalue weighted by Crippen LogP contribution is -2.29. The third-order valence-electron chi connectivity index (χ3n) is 5.23. The summed E-state index contributed by atoms with van der Waals surface area (Å²) in [6.45, 7) is 4.79. The van der Waals surface area contributed by atoms with Crippen molar-refractivity contribution >= 4 is 51.4 Å². The van der Waals surface area contributed by atoms with E-state index in [1.807, 2.05) is 42.5 Å². The van der Waals surface area contributed by atoms with Gasteiger partial charge in [-0.3, -0.25) is 9.69 Å². The van der Waals surface area contributed by atoms with Gasteiger partial charge in [0.1, 0.15) is 5.00 Å². The van der Waals surface area contributed by atoms with Gasteiger partial charge in [0.25, 0.3) is 5.91 Å². The number of hydrogen-bond donors (Lipinski definition) is 1. The predicted molar refractivity (Wildman–Crippen MR) is 119 cm³/mol. The predicted octanol–water partition coefficient (Wildman–Crippen LogP) is 4.74. The second kappa shape index (κ2) is 8.95. The van der Waals surface area contributed by atoms with E-state index in [2.05, 4.69) is 17.1 Å². The molecule has 1 aromatic heterocycles. The van der Waals surface area contributed by atoms with Gasteiger partial charge < -0.3 is 10.1 Å². The van der Waals surface area contributed by atoms with E-state index in [1.165, 1.54) is 18.4 Å². The van der Waals surface area contributed by atoms with Crippen molar-refractivity contribution in [1.82, 2.24) is 4.90 Å². The molecule has 0 aliphatic carbocycles. The van der Waals surface area contributed by atoms with Crippen LogP contribution in [0.25, 0.3) is 10.8 Å². The van der Waals surface area contributed by atoms with Crippen molar-refractivity contribution in [2.45, 2.75) is 19.9 Å². The number of methoxy groups -OCH3 is 1. The standard InChI is InChI=1S/C22H22N2O3S.ClH/c1-3-24-12-11-17-18(13-24)28-21(19(17)22(26)27-2)23-20(25)16-10-6-8-14-7-4-5-9-15(14)16;/h4-10H,3,11-13H2,1-2H3,(H,23,25);1H. The minimum atomic E-state index is -0.393. The highest BCUT2D eigenvalue weighted by Gasteiger charge is 2.29. The number of amides is 1. The number of carbonyl (C=O) groups is 2. The molecule has 3 aromatic rings. The van der Waals surface area contributed by atoms with Crippen molar-refractivity contribution in [3.05, 3.63) is 64.0 Å². The number of ether oxygens (including phenoxy) is 1. The normalized spacial score (nSPS) is 13.4. The minimum Gasteiger partial charge on any atom is -0.465 e. The van der Waals surface area contributed by atoms with Gasteiger partial charge in [-0.15, -0.1) is 23.7 Å². The van der Waals surface area contributed by atoms with E-state index in [0.717, 1.165) is 47.3 Å². The topological polar surface area (TPSA) is 58.6 Å². The van der Waals surface area contributed by atoms with Crippen molar-refractivity contribution in [3.8, 4) is 0 Å². The fourth-order valence-electron chi connectivity index (χ4n) is 3.73. The summed E-state index contributed by atoms with van der Waals surface area (Å²) in [6, 6.07) is 13.4. The summed E-state index contributed by atoms with van der Waals surface area (Å²) in [6.07, 6.45) is 0.786. The van der Waals surface area contributed by atoms with Crippen LogP contribution in [-0.4, -0.2) is 37.0 Å². The molecule has 1 aliphatic rings. The van der Waals surface area contributed by atoms with E-state index in [4.69, 9.17) is 4.74 Å². The maximum atomic E-state index is 13.1. The number of anilines is 1. The zero-order valence-corrected chi connectivity index (χ0v) is 18.0. The Kier molecular flexibility index (Phi) is 6.57. The number of carbonyl (C=O) groups excluding carboxylic acids is 2. The van der Waals surface area contributed by atoms with E-state index in [1.54, 1.807) is 0 Å². The summed E-state index contributed by atoms with van der Waals surface area (Å²) in [5, 5.41) is 5.46. The van der Waals surface area contributed by atoms with Crippen molar-refractivity contribution < 1.29 is 14.3 Å². The van der Waals surface area contributed by atoms with Crippen LogP contribution in [0.2, 0.25) is 0 Å². The van der Waals surface area contributed by atoms with Crippen LogP contribution >= 0.6 is 23.7 Å². The number of esters is 1. The third-order valence-corrected chi connectivity index (χ3v) is 6.37. The van der Waals surface area contributed by atoms with Gasteiger partial charge in [0.2, 0.25) is 0 Å². The zero-order chi connectivity index (χ0) is 19.7. The Bertz CT molecular complexity index is 1060. The van der Waals surface area contributed by atoms with Crippen LogP contribution in [-0.2, 0) is 17.7 Å². The molecule has 0 saturated carbocycles. The Balaban J connectivity index is 0.00000240. The molecule has 0 unspecified atom stereocenters. The van der Waals surface area contributed by atoms with Crippen LogP contribution in [0.4, 0.5) is 5.00 Å². The van der Waals surface area contributed by atoms with Crippen LogP contribution in [0.3, 0.4) is 0 Å². The molecule has 152 valence electrons. The second-order valence-electron chi connectivity index (χ2n) is 6.80. The molecular weight excluding hydrogens is 408 g/mol. The summed E-state index contributed by atoms with van der Waals surface area (Å²) in [4.78, 5) is 29.0. The maximum absolute atomic E-state index is 13.1. The summed E-state index contributed by atoms with van der Waals surface area (Å²) < 4.78 is 5.01. The number of hydrogen-bond acceptors (Lipinski definition) is 5. The van der Waals surface area contributed by atoms with E-state index in [0.29, 0.717) is 16.1 Å². The first-order valence-electron chi connectivity index (χ1n) is 9.36. The molecule has 2 aromatic carbocycles. The maximum Gasteiger partial charge on any atom is 0.341 e. The molecule has 1 aliphatic heterocycles. The largest absolute Gasteiger partial charge is 0.465 e. The lowest BCUT2D eigenvalue weighted by atomic mass is 10.0. The van der Waals surface area contributed by atoms with Crippen LogP contribution in [0.5, 0.6) is 0 Å². The number of benzene rings is 2. The molecule has 5 nitrogen and oxygen atoms in total. The first kappa shape index (κ1) is 21.3. The van der Waals surface area contributed by atoms with Crippen LogP contribution in [0.1, 0.15) is 38.1 Å². The fourth-order valence-corrected chi connectivity index (χ4v) is 5.00. The van der Waals surface area contributed by atoms with E-state index in [-0.39, 0.29) is 18.3 Å². The number of fused-ring (bicyclic) bond motifs is 2. The van der Waals surface area contributed by atoms with Crippen LogP contribution in [0.15, 0.2) is 42.5 Å². The first-order chi connectivity index (χ1) is 13.6. The molecule has 1 amide bonds. The van der Waals surface area contributed by atoms with Gasteiger partial charge in [-0.1, -0.05) is 43.3 Å². The molecule has 0 fully saturated rings. The van der Waals surface area contributed by atoms with Gasteiger partial charge >= 0.3 is 5.97 Å². The van der Waals surface area contributed by atoms with Gasteiger partial charge in [-0.05, 0) is 35.4 Å². The fraction of sp³-hybridized carbons (Fsp3) is 0.273. The number of halogens is 1. The molecular formula is C22H23ClN2O3S. The lowest BCUT2D eigenvalue weighted by molar-refractivity contribution is 0.0600. The first-order valence-corrected chi connectivity index (χ1v) is 10.2. The number of thiophene rings is 1. The van der Waals surface area contributed by atoms with E-state index in [9.17, 15) is 9.59 Å². The highest BCUT2D eigenvalue weighted by atomic mass is 35.5. The number of nitrogens with zero attached hydrogens (tertiary/aromatic N) is 1. The molecule has 0 spiro atoms. The molecule has 7 heteroatoms. The Morgan fingerprint density at radius 2 is 1.93 bits per heavy atom. The number of nitrogens with one attached hydrogen (secondary N) is 1. The molecule has 0 radical (unpaired) electrons. The molecule has 1 N–H and O–H groups in total. The average molecular weight is 431 g/mol. The zero-order valence-electron chi connectivity index (χ0n) is 16.4. The summed E-state index contributed by atoms with van der Waals surface area (Å²) in [5.41, 5.74) is 2.11. The molecule has 0 bridgehead atoms. The molecule has 4 rings (SSSR count). The van der Waals surface area contributed by atoms with Gasteiger partial charge in [-0.25, -0.2) is 4.79 Å². The SMILES string of the molecule is CCN1CCc2c(sc(NC(=O)c3cccc4ccccc34)c2C(=O)OC)C1.Cl. The summed E-state index contributed by atoms with van der Waals surface area (Å²) >= 11 is 1.48. The van der Waals surface area contributed by atoms with Crippen molar-refractivity contribution in [1.29, 1.82) is 0 Å². The Hall–Kier alpha value is -2.41. The summed E-state index contributed by atoms with van der Waals surface area (Å²) in [7, 11) is 1.38. The van der Waals surface area contributed by atoms with Crippen molar-refractivity contribution in [3.63, 3.8) is 0 Å². The smallest absolute Gasteiger partial charge is 0.341 e. The van der Waals surface area contributed by atoms with Gasteiger partial charge in [-0.2, -0.15) is 0 Å². The van der Waals surface area contributed by atoms with Crippen molar-refractivity contribution in [2.75, 3.05) is 25.5 Å². The Morgan fingerprint density at radius 3 is 2.69 bits per heavy atom. The second-order valence-corrected chi connectivity index (χ2v) is 7.90. The van der Waals surface area contributed by atoms with E-state index >= 15 is 0 Å². The van der Waals surface area contributed by atoms with Crippen LogP contribution < -0.4 is 5.32 Å². The molecule has 29 heavy (non-hydrogen) atoms. The van der Waals surface area contributed by atoms with E-state index < -0.39 is 5.97 Å². The quantitative estimate of drug-likeness (QED) is 0.607. The number of rotatable bonds is 4. The van der Waals surface area contributed by atoms with Gasteiger partial charge in [0.15, 0.2) is 0 Å². The highest BCUT2D eigenvalue weighted by Crippen LogP contribution is 2.38. The third kappa shape index (κ3) is 4.01. The Labute approximate surface area is 180 Å². The molecule has 2 heterocycles. The molecule has 0 saturated heterocycles. The molecule has 0 atom stereocenters. The highest BCUT2D eigenvalue weighted by molar-refractivity contribution is 7.17. The minimum absolute atomic E-state index is 0. The Morgan fingerprint density at radius 1 is 1.17 bits per heavy atom.